The highest BCUT2D eigenvalue weighted by Gasteiger charge is 2.15. The lowest BCUT2D eigenvalue weighted by Gasteiger charge is -2.20. The number of nitrogen functional groups attached to an aromatic ring is 1. The number of amides is 1. The van der Waals surface area contributed by atoms with E-state index in [0.717, 1.165) is 0 Å². The molecule has 0 spiro atoms. The maximum Gasteiger partial charge on any atom is 0.251 e. The van der Waals surface area contributed by atoms with Gasteiger partial charge in [-0.25, -0.2) is 8.78 Å². The zero-order valence-corrected chi connectivity index (χ0v) is 12.2. The van der Waals surface area contributed by atoms with E-state index in [4.69, 9.17) is 10.8 Å². The van der Waals surface area contributed by atoms with Crippen LogP contribution in [0.1, 0.15) is 0 Å². The van der Waals surface area contributed by atoms with E-state index in [0.29, 0.717) is 15.8 Å². The Morgan fingerprint density at radius 1 is 1.50 bits per heavy atom. The van der Waals surface area contributed by atoms with Crippen molar-refractivity contribution in [2.24, 2.45) is 0 Å². The van der Waals surface area contributed by atoms with E-state index in [1.54, 1.807) is 18.2 Å². The molecule has 0 heterocycles. The van der Waals surface area contributed by atoms with Crippen LogP contribution in [0.25, 0.3) is 0 Å². The van der Waals surface area contributed by atoms with Crippen LogP contribution in [0.3, 0.4) is 0 Å². The Morgan fingerprint density at radius 2 is 2.20 bits per heavy atom. The fourth-order valence-corrected chi connectivity index (χ4v) is 2.09. The first-order valence-corrected chi connectivity index (χ1v) is 6.68. The number of halogens is 3. The number of carbonyl (C=O) groups excluding carboxylic acids is 1. The summed E-state index contributed by atoms with van der Waals surface area (Å²) in [6, 6.07) is 4.85. The number of alkyl halides is 2. The van der Waals surface area contributed by atoms with E-state index >= 15 is 0 Å². The second-order valence-corrected chi connectivity index (χ2v) is 4.99. The molecule has 0 aliphatic heterocycles. The number of hydrogen-bond donors (Lipinski definition) is 3. The fraction of sp³-hybridized carbons (Fsp3) is 0.417. The van der Waals surface area contributed by atoms with E-state index < -0.39 is 18.9 Å². The maximum absolute atomic E-state index is 12.3. The minimum Gasteiger partial charge on any atom is -0.399 e. The van der Waals surface area contributed by atoms with Gasteiger partial charge in [-0.3, -0.25) is 9.69 Å². The number of anilines is 2. The molecule has 0 unspecified atom stereocenters. The predicted octanol–water partition coefficient (Wildman–Crippen LogP) is 1.53. The van der Waals surface area contributed by atoms with Gasteiger partial charge >= 0.3 is 0 Å². The van der Waals surface area contributed by atoms with Gasteiger partial charge in [0.1, 0.15) is 0 Å². The number of hydrogen-bond acceptors (Lipinski definition) is 4. The van der Waals surface area contributed by atoms with Crippen molar-refractivity contribution in [3.8, 4) is 0 Å². The number of rotatable bonds is 7. The van der Waals surface area contributed by atoms with Gasteiger partial charge in [0, 0.05) is 16.7 Å². The third-order valence-corrected chi connectivity index (χ3v) is 3.10. The molecule has 20 heavy (non-hydrogen) atoms. The summed E-state index contributed by atoms with van der Waals surface area (Å²) in [5.74, 6) is -0.440. The maximum atomic E-state index is 12.3. The molecular formula is C12H16BrF2N3O2. The predicted molar refractivity (Wildman–Crippen MR) is 76.7 cm³/mol. The van der Waals surface area contributed by atoms with Crippen molar-refractivity contribution in [2.75, 3.05) is 37.3 Å². The molecule has 0 saturated heterocycles. The van der Waals surface area contributed by atoms with Gasteiger partial charge in [0.2, 0.25) is 5.91 Å². The largest absolute Gasteiger partial charge is 0.399 e. The third kappa shape index (κ3) is 5.81. The van der Waals surface area contributed by atoms with E-state index in [9.17, 15) is 13.6 Å². The molecule has 1 aromatic carbocycles. The molecule has 0 saturated carbocycles. The van der Waals surface area contributed by atoms with Crippen LogP contribution in [0.4, 0.5) is 20.2 Å². The quantitative estimate of drug-likeness (QED) is 0.651. The van der Waals surface area contributed by atoms with E-state index in [1.807, 2.05) is 0 Å². The number of nitrogens with one attached hydrogen (secondary N) is 1. The van der Waals surface area contributed by atoms with Crippen molar-refractivity contribution in [1.82, 2.24) is 4.90 Å². The first-order valence-electron chi connectivity index (χ1n) is 5.88. The van der Waals surface area contributed by atoms with Gasteiger partial charge in [-0.1, -0.05) is 0 Å². The van der Waals surface area contributed by atoms with E-state index in [2.05, 4.69) is 21.2 Å². The second-order valence-electron chi connectivity index (χ2n) is 4.14. The van der Waals surface area contributed by atoms with Crippen LogP contribution in [0, 0.1) is 0 Å². The van der Waals surface area contributed by atoms with E-state index in [1.165, 1.54) is 4.90 Å². The molecule has 5 nitrogen and oxygen atoms in total. The Morgan fingerprint density at radius 3 is 2.75 bits per heavy atom. The van der Waals surface area contributed by atoms with Crippen LogP contribution in [0.5, 0.6) is 0 Å². The van der Waals surface area contributed by atoms with Crippen molar-refractivity contribution in [3.05, 3.63) is 22.7 Å². The lowest BCUT2D eigenvalue weighted by atomic mass is 10.3. The van der Waals surface area contributed by atoms with Crippen LogP contribution >= 0.6 is 15.9 Å². The number of aliphatic hydroxyl groups is 1. The highest BCUT2D eigenvalue weighted by Crippen LogP contribution is 2.24. The molecule has 8 heteroatoms. The first-order chi connectivity index (χ1) is 9.42. The van der Waals surface area contributed by atoms with E-state index in [-0.39, 0.29) is 19.7 Å². The van der Waals surface area contributed by atoms with Crippen molar-refractivity contribution < 1.29 is 18.7 Å². The number of carbonyl (C=O) groups is 1. The number of aliphatic hydroxyl groups excluding tert-OH is 1. The van der Waals surface area contributed by atoms with Crippen LogP contribution in [-0.2, 0) is 4.79 Å². The number of benzene rings is 1. The molecule has 0 aliphatic carbocycles. The summed E-state index contributed by atoms with van der Waals surface area (Å²) in [5.41, 5.74) is 6.61. The summed E-state index contributed by atoms with van der Waals surface area (Å²) in [7, 11) is 0. The third-order valence-electron chi connectivity index (χ3n) is 2.45. The van der Waals surface area contributed by atoms with Crippen molar-refractivity contribution in [3.63, 3.8) is 0 Å². The van der Waals surface area contributed by atoms with Gasteiger partial charge < -0.3 is 16.2 Å². The van der Waals surface area contributed by atoms with Gasteiger partial charge in [-0.15, -0.1) is 0 Å². The molecule has 0 atom stereocenters. The minimum atomic E-state index is -2.56. The zero-order chi connectivity index (χ0) is 15.1. The highest BCUT2D eigenvalue weighted by atomic mass is 79.9. The minimum absolute atomic E-state index is 0.0146. The average molecular weight is 352 g/mol. The summed E-state index contributed by atoms with van der Waals surface area (Å²) in [6.07, 6.45) is -2.56. The Bertz CT molecular complexity index is 460. The Balaban J connectivity index is 2.60. The molecule has 1 amide bonds. The summed E-state index contributed by atoms with van der Waals surface area (Å²) in [5, 5.41) is 11.4. The standard InChI is InChI=1S/C12H16BrF2N3O2/c13-9-5-8(16)1-2-10(9)17-12(20)7-18(3-4-19)6-11(14)15/h1-2,5,11,19H,3-4,6-7,16H2,(H,17,20). The molecule has 4 N–H and O–H groups in total. The summed E-state index contributed by atoms with van der Waals surface area (Å²) in [4.78, 5) is 13.0. The monoisotopic (exact) mass is 351 g/mol. The van der Waals surface area contributed by atoms with Crippen LogP contribution in [0.15, 0.2) is 22.7 Å². The van der Waals surface area contributed by atoms with Gasteiger partial charge in [0.15, 0.2) is 0 Å². The smallest absolute Gasteiger partial charge is 0.251 e. The first kappa shape index (κ1) is 16.8. The summed E-state index contributed by atoms with van der Waals surface area (Å²) >= 11 is 3.24. The molecule has 0 fully saturated rings. The number of nitrogens with zero attached hydrogens (tertiary/aromatic N) is 1. The molecule has 0 aliphatic rings. The molecule has 0 aromatic heterocycles. The van der Waals surface area contributed by atoms with Crippen molar-refractivity contribution >= 4 is 33.2 Å². The Kier molecular flexibility index (Phi) is 6.83. The van der Waals surface area contributed by atoms with Crippen LogP contribution in [0.2, 0.25) is 0 Å². The van der Waals surface area contributed by atoms with Gasteiger partial charge in [-0.2, -0.15) is 0 Å². The summed E-state index contributed by atoms with van der Waals surface area (Å²) in [6.45, 7) is -1.05. The molecular weight excluding hydrogens is 336 g/mol. The van der Waals surface area contributed by atoms with Gasteiger partial charge in [0.25, 0.3) is 6.43 Å². The van der Waals surface area contributed by atoms with Crippen LogP contribution < -0.4 is 11.1 Å². The lowest BCUT2D eigenvalue weighted by molar-refractivity contribution is -0.117. The average Bonchev–Trinajstić information content (AvgIpc) is 2.32. The second kappa shape index (κ2) is 8.13. The van der Waals surface area contributed by atoms with Crippen LogP contribution in [-0.4, -0.2) is 48.6 Å². The molecule has 112 valence electrons. The van der Waals surface area contributed by atoms with Gasteiger partial charge in [-0.05, 0) is 34.1 Å². The van der Waals surface area contributed by atoms with Crippen molar-refractivity contribution in [1.29, 1.82) is 0 Å². The lowest BCUT2D eigenvalue weighted by Crippen LogP contribution is -2.38. The molecule has 0 bridgehead atoms. The molecule has 0 radical (unpaired) electrons. The zero-order valence-electron chi connectivity index (χ0n) is 10.7. The normalized spacial score (nSPS) is 11.1. The SMILES string of the molecule is Nc1ccc(NC(=O)CN(CCO)CC(F)F)c(Br)c1. The topological polar surface area (TPSA) is 78.6 Å². The van der Waals surface area contributed by atoms with Gasteiger partial charge in [0.05, 0.1) is 25.4 Å². The Labute approximate surface area is 123 Å². The molecule has 1 rings (SSSR count). The van der Waals surface area contributed by atoms with Crippen molar-refractivity contribution in [2.45, 2.75) is 6.43 Å². The fourth-order valence-electron chi connectivity index (χ4n) is 1.60. The molecule has 1 aromatic rings. The number of nitrogens with two attached hydrogens (primary N) is 1. The Hall–Kier alpha value is -1.25. The highest BCUT2D eigenvalue weighted by molar-refractivity contribution is 9.10. The summed E-state index contributed by atoms with van der Waals surface area (Å²) < 4.78 is 25.2.